The first-order valence-electron chi connectivity index (χ1n) is 8.64. The van der Waals surface area contributed by atoms with Gasteiger partial charge in [-0.05, 0) is 65.3 Å². The zero-order valence-electron chi connectivity index (χ0n) is 14.7. The first kappa shape index (κ1) is 19.2. The molecule has 2 atom stereocenters. The van der Waals surface area contributed by atoms with Crippen LogP contribution in [0.25, 0.3) is 0 Å². The molecule has 1 fully saturated rings. The predicted octanol–water partition coefficient (Wildman–Crippen LogP) is 2.77. The van der Waals surface area contributed by atoms with E-state index in [-0.39, 0.29) is 12.7 Å². The SMILES string of the molecule is CC(CO)CCCNC1CCCN(C(=O)OC(C)(C)C)CC1. The maximum Gasteiger partial charge on any atom is 0.410 e. The summed E-state index contributed by atoms with van der Waals surface area (Å²) in [5, 5.41) is 12.6. The number of likely N-dealkylation sites (tertiary alicyclic amines) is 1. The summed E-state index contributed by atoms with van der Waals surface area (Å²) >= 11 is 0. The number of aliphatic hydroxyl groups is 1. The predicted molar refractivity (Wildman–Crippen MR) is 88.9 cm³/mol. The molecular formula is C17H34N2O3. The summed E-state index contributed by atoms with van der Waals surface area (Å²) in [6, 6.07) is 0.483. The van der Waals surface area contributed by atoms with Crippen LogP contribution in [-0.4, -0.2) is 54.0 Å². The molecule has 0 saturated carbocycles. The number of nitrogens with one attached hydrogen (secondary N) is 1. The van der Waals surface area contributed by atoms with E-state index in [4.69, 9.17) is 9.84 Å². The van der Waals surface area contributed by atoms with Crippen molar-refractivity contribution in [3.05, 3.63) is 0 Å². The van der Waals surface area contributed by atoms with E-state index in [9.17, 15) is 4.79 Å². The minimum atomic E-state index is -0.426. The van der Waals surface area contributed by atoms with Gasteiger partial charge in [-0.1, -0.05) is 6.92 Å². The maximum absolute atomic E-state index is 12.1. The van der Waals surface area contributed by atoms with Crippen molar-refractivity contribution in [3.8, 4) is 0 Å². The van der Waals surface area contributed by atoms with Crippen molar-refractivity contribution in [2.75, 3.05) is 26.2 Å². The van der Waals surface area contributed by atoms with E-state index < -0.39 is 5.60 Å². The van der Waals surface area contributed by atoms with Crippen molar-refractivity contribution >= 4 is 6.09 Å². The largest absolute Gasteiger partial charge is 0.444 e. The van der Waals surface area contributed by atoms with Crippen molar-refractivity contribution in [2.45, 2.75) is 71.4 Å². The topological polar surface area (TPSA) is 61.8 Å². The Morgan fingerprint density at radius 2 is 2.09 bits per heavy atom. The van der Waals surface area contributed by atoms with Crippen LogP contribution in [0.1, 0.15) is 59.8 Å². The number of aliphatic hydroxyl groups excluding tert-OH is 1. The molecule has 1 rings (SSSR count). The second-order valence-electron chi connectivity index (χ2n) is 7.48. The summed E-state index contributed by atoms with van der Waals surface area (Å²) in [6.45, 7) is 10.6. The van der Waals surface area contributed by atoms with E-state index in [0.29, 0.717) is 12.0 Å². The third-order valence-electron chi connectivity index (χ3n) is 4.00. The maximum atomic E-state index is 12.1. The van der Waals surface area contributed by atoms with Crippen LogP contribution in [0.5, 0.6) is 0 Å². The number of ether oxygens (including phenoxy) is 1. The van der Waals surface area contributed by atoms with Gasteiger partial charge in [0.05, 0.1) is 0 Å². The fraction of sp³-hybridized carbons (Fsp3) is 0.941. The van der Waals surface area contributed by atoms with E-state index in [1.807, 2.05) is 25.7 Å². The summed E-state index contributed by atoms with van der Waals surface area (Å²) in [5.41, 5.74) is -0.426. The highest BCUT2D eigenvalue weighted by Crippen LogP contribution is 2.15. The molecule has 0 bridgehead atoms. The van der Waals surface area contributed by atoms with Crippen LogP contribution in [0.15, 0.2) is 0 Å². The minimum absolute atomic E-state index is 0.190. The van der Waals surface area contributed by atoms with Gasteiger partial charge in [0.15, 0.2) is 0 Å². The van der Waals surface area contributed by atoms with Crippen molar-refractivity contribution in [1.82, 2.24) is 10.2 Å². The van der Waals surface area contributed by atoms with Crippen LogP contribution in [0.2, 0.25) is 0 Å². The third-order valence-corrected chi connectivity index (χ3v) is 4.00. The molecule has 1 aliphatic heterocycles. The molecule has 130 valence electrons. The van der Waals surface area contributed by atoms with Gasteiger partial charge in [0, 0.05) is 25.7 Å². The molecule has 0 spiro atoms. The normalized spacial score (nSPS) is 21.3. The summed E-state index contributed by atoms with van der Waals surface area (Å²) in [5.74, 6) is 0.388. The van der Waals surface area contributed by atoms with Gasteiger partial charge < -0.3 is 20.1 Å². The standard InChI is InChI=1S/C17H34N2O3/c1-14(13-20)7-5-10-18-15-8-6-11-19(12-9-15)16(21)22-17(2,3)4/h14-15,18,20H,5-13H2,1-4H3. The number of amides is 1. The van der Waals surface area contributed by atoms with Gasteiger partial charge >= 0.3 is 6.09 Å². The van der Waals surface area contributed by atoms with Gasteiger partial charge in [-0.2, -0.15) is 0 Å². The molecule has 1 amide bonds. The Kier molecular flexibility index (Phi) is 8.18. The average Bonchev–Trinajstić information content (AvgIpc) is 2.67. The molecule has 22 heavy (non-hydrogen) atoms. The first-order valence-corrected chi connectivity index (χ1v) is 8.64. The summed E-state index contributed by atoms with van der Waals surface area (Å²) in [4.78, 5) is 13.9. The van der Waals surface area contributed by atoms with E-state index in [0.717, 1.165) is 51.7 Å². The molecule has 0 aromatic heterocycles. The van der Waals surface area contributed by atoms with Crippen molar-refractivity contribution in [1.29, 1.82) is 0 Å². The lowest BCUT2D eigenvalue weighted by Crippen LogP contribution is -2.38. The van der Waals surface area contributed by atoms with Crippen LogP contribution in [-0.2, 0) is 4.74 Å². The van der Waals surface area contributed by atoms with E-state index >= 15 is 0 Å². The Morgan fingerprint density at radius 1 is 1.36 bits per heavy atom. The first-order chi connectivity index (χ1) is 10.3. The molecule has 1 aliphatic rings. The molecular weight excluding hydrogens is 280 g/mol. The molecule has 0 aromatic carbocycles. The van der Waals surface area contributed by atoms with E-state index in [1.54, 1.807) is 0 Å². The molecule has 2 N–H and O–H groups in total. The quantitative estimate of drug-likeness (QED) is 0.740. The van der Waals surface area contributed by atoms with E-state index in [2.05, 4.69) is 12.2 Å². The molecule has 5 nitrogen and oxygen atoms in total. The Hall–Kier alpha value is -0.810. The molecule has 1 heterocycles. The Morgan fingerprint density at radius 3 is 2.73 bits per heavy atom. The number of rotatable bonds is 6. The number of nitrogens with zero attached hydrogens (tertiary/aromatic N) is 1. The number of carbonyl (C=O) groups excluding carboxylic acids is 1. The van der Waals surface area contributed by atoms with Crippen LogP contribution < -0.4 is 5.32 Å². The Labute approximate surface area is 135 Å². The van der Waals surface area contributed by atoms with Crippen molar-refractivity contribution < 1.29 is 14.6 Å². The van der Waals surface area contributed by atoms with Gasteiger partial charge in [-0.25, -0.2) is 4.79 Å². The van der Waals surface area contributed by atoms with Crippen LogP contribution in [0.3, 0.4) is 0 Å². The fourth-order valence-electron chi connectivity index (χ4n) is 2.66. The number of carbonyl (C=O) groups is 1. The highest BCUT2D eigenvalue weighted by atomic mass is 16.6. The zero-order chi connectivity index (χ0) is 16.6. The van der Waals surface area contributed by atoms with Gasteiger partial charge in [0.25, 0.3) is 0 Å². The lowest BCUT2D eigenvalue weighted by atomic mass is 10.1. The lowest BCUT2D eigenvalue weighted by molar-refractivity contribution is 0.0256. The van der Waals surface area contributed by atoms with Crippen molar-refractivity contribution in [2.24, 2.45) is 5.92 Å². The van der Waals surface area contributed by atoms with E-state index in [1.165, 1.54) is 0 Å². The second kappa shape index (κ2) is 9.36. The van der Waals surface area contributed by atoms with Gasteiger partial charge in [0.1, 0.15) is 5.60 Å². The zero-order valence-corrected chi connectivity index (χ0v) is 14.7. The molecule has 0 radical (unpaired) electrons. The monoisotopic (exact) mass is 314 g/mol. The highest BCUT2D eigenvalue weighted by molar-refractivity contribution is 5.68. The fourth-order valence-corrected chi connectivity index (χ4v) is 2.66. The molecule has 5 heteroatoms. The lowest BCUT2D eigenvalue weighted by Gasteiger charge is -2.26. The number of hydrogen-bond donors (Lipinski definition) is 2. The smallest absolute Gasteiger partial charge is 0.410 e. The van der Waals surface area contributed by atoms with Crippen molar-refractivity contribution in [3.63, 3.8) is 0 Å². The highest BCUT2D eigenvalue weighted by Gasteiger charge is 2.24. The van der Waals surface area contributed by atoms with Crippen LogP contribution >= 0.6 is 0 Å². The molecule has 0 aliphatic carbocycles. The summed E-state index contributed by atoms with van der Waals surface area (Å²) in [7, 11) is 0. The Bertz CT molecular complexity index is 328. The van der Waals surface area contributed by atoms with Crippen LogP contribution in [0.4, 0.5) is 4.79 Å². The van der Waals surface area contributed by atoms with Gasteiger partial charge in [-0.15, -0.1) is 0 Å². The molecule has 2 unspecified atom stereocenters. The molecule has 1 saturated heterocycles. The number of hydrogen-bond acceptors (Lipinski definition) is 4. The third kappa shape index (κ3) is 7.99. The van der Waals surface area contributed by atoms with Gasteiger partial charge in [0.2, 0.25) is 0 Å². The summed E-state index contributed by atoms with van der Waals surface area (Å²) < 4.78 is 5.45. The Balaban J connectivity index is 2.26. The van der Waals surface area contributed by atoms with Crippen LogP contribution in [0, 0.1) is 5.92 Å². The van der Waals surface area contributed by atoms with Gasteiger partial charge in [-0.3, -0.25) is 0 Å². The average molecular weight is 314 g/mol. The minimum Gasteiger partial charge on any atom is -0.444 e. The summed E-state index contributed by atoms with van der Waals surface area (Å²) in [6.07, 6.45) is 5.06. The second-order valence-corrected chi connectivity index (χ2v) is 7.48. The molecule has 0 aromatic rings.